The molecule has 0 aromatic carbocycles. The average molecular weight is 268 g/mol. The molecule has 0 radical (unpaired) electrons. The van der Waals surface area contributed by atoms with Crippen molar-refractivity contribution in [2.24, 2.45) is 11.1 Å². The van der Waals surface area contributed by atoms with Crippen LogP contribution in [0, 0.1) is 5.41 Å². The molecule has 1 aliphatic heterocycles. The zero-order valence-electron chi connectivity index (χ0n) is 13.1. The monoisotopic (exact) mass is 268 g/mol. The molecule has 19 heavy (non-hydrogen) atoms. The molecule has 0 spiro atoms. The van der Waals surface area contributed by atoms with Gasteiger partial charge in [0.2, 0.25) is 0 Å². The SMILES string of the molecule is CCC1CN(C2(CN)CCCC(C)(C)CC2)CCO1. The maximum Gasteiger partial charge on any atom is 0.0700 e. The smallest absolute Gasteiger partial charge is 0.0700 e. The first-order chi connectivity index (χ1) is 9.01. The fourth-order valence-corrected chi connectivity index (χ4v) is 3.76. The minimum Gasteiger partial charge on any atom is -0.376 e. The number of rotatable bonds is 3. The summed E-state index contributed by atoms with van der Waals surface area (Å²) >= 11 is 0. The Kier molecular flexibility index (Phi) is 4.91. The number of nitrogens with two attached hydrogens (primary N) is 1. The van der Waals surface area contributed by atoms with E-state index in [2.05, 4.69) is 25.7 Å². The van der Waals surface area contributed by atoms with E-state index in [1.807, 2.05) is 0 Å². The molecule has 0 amide bonds. The van der Waals surface area contributed by atoms with Crippen molar-refractivity contribution in [3.8, 4) is 0 Å². The predicted molar refractivity (Wildman–Crippen MR) is 80.3 cm³/mol. The first-order valence-electron chi connectivity index (χ1n) is 8.08. The van der Waals surface area contributed by atoms with Gasteiger partial charge in [0.05, 0.1) is 12.7 Å². The van der Waals surface area contributed by atoms with Gasteiger partial charge in [0.1, 0.15) is 0 Å². The highest BCUT2D eigenvalue weighted by molar-refractivity contribution is 4.97. The standard InChI is InChI=1S/C16H32N2O/c1-4-14-12-18(10-11-19-14)16(13-17)7-5-6-15(2,3)8-9-16/h14H,4-13,17H2,1-3H3. The van der Waals surface area contributed by atoms with Crippen LogP contribution in [0.4, 0.5) is 0 Å². The largest absolute Gasteiger partial charge is 0.376 e. The second-order valence-corrected chi connectivity index (χ2v) is 7.29. The first-order valence-corrected chi connectivity index (χ1v) is 8.08. The number of morpholine rings is 1. The van der Waals surface area contributed by atoms with Crippen LogP contribution < -0.4 is 5.73 Å². The summed E-state index contributed by atoms with van der Waals surface area (Å²) in [6, 6.07) is 0. The Morgan fingerprint density at radius 2 is 2.00 bits per heavy atom. The first kappa shape index (κ1) is 15.3. The number of hydrogen-bond donors (Lipinski definition) is 1. The second kappa shape index (κ2) is 6.11. The molecule has 1 saturated carbocycles. The highest BCUT2D eigenvalue weighted by Gasteiger charge is 2.40. The van der Waals surface area contributed by atoms with Crippen LogP contribution >= 0.6 is 0 Å². The van der Waals surface area contributed by atoms with Crippen LogP contribution in [0.1, 0.15) is 59.3 Å². The van der Waals surface area contributed by atoms with Crippen LogP contribution in [0.15, 0.2) is 0 Å². The van der Waals surface area contributed by atoms with E-state index >= 15 is 0 Å². The van der Waals surface area contributed by atoms with Crippen molar-refractivity contribution in [2.45, 2.75) is 70.9 Å². The molecule has 0 aromatic heterocycles. The van der Waals surface area contributed by atoms with E-state index in [1.54, 1.807) is 0 Å². The summed E-state index contributed by atoms with van der Waals surface area (Å²) in [5.74, 6) is 0. The number of hydrogen-bond acceptors (Lipinski definition) is 3. The van der Waals surface area contributed by atoms with Crippen molar-refractivity contribution >= 4 is 0 Å². The van der Waals surface area contributed by atoms with Crippen LogP contribution in [-0.4, -0.2) is 42.8 Å². The summed E-state index contributed by atoms with van der Waals surface area (Å²) in [6.07, 6.45) is 8.01. The molecule has 0 bridgehead atoms. The summed E-state index contributed by atoms with van der Waals surface area (Å²) in [5.41, 5.74) is 6.97. The molecule has 1 aliphatic carbocycles. The van der Waals surface area contributed by atoms with Gasteiger partial charge in [-0.25, -0.2) is 0 Å². The molecule has 2 unspecified atom stereocenters. The zero-order chi connectivity index (χ0) is 13.9. The van der Waals surface area contributed by atoms with E-state index in [0.717, 1.165) is 32.7 Å². The highest BCUT2D eigenvalue weighted by atomic mass is 16.5. The fourth-order valence-electron chi connectivity index (χ4n) is 3.76. The van der Waals surface area contributed by atoms with Crippen LogP contribution in [0.3, 0.4) is 0 Å². The number of nitrogens with zero attached hydrogens (tertiary/aromatic N) is 1. The Hall–Kier alpha value is -0.120. The van der Waals surface area contributed by atoms with Crippen molar-refractivity contribution in [2.75, 3.05) is 26.2 Å². The third-order valence-corrected chi connectivity index (χ3v) is 5.41. The van der Waals surface area contributed by atoms with Crippen molar-refractivity contribution in [3.05, 3.63) is 0 Å². The van der Waals surface area contributed by atoms with Gasteiger partial charge in [0, 0.05) is 25.2 Å². The maximum absolute atomic E-state index is 6.23. The lowest BCUT2D eigenvalue weighted by Crippen LogP contribution is -2.59. The highest BCUT2D eigenvalue weighted by Crippen LogP contribution is 2.40. The lowest BCUT2D eigenvalue weighted by molar-refractivity contribution is -0.0734. The van der Waals surface area contributed by atoms with Crippen LogP contribution in [-0.2, 0) is 4.74 Å². The topological polar surface area (TPSA) is 38.5 Å². The van der Waals surface area contributed by atoms with Gasteiger partial charge in [-0.15, -0.1) is 0 Å². The molecule has 2 fully saturated rings. The summed E-state index contributed by atoms with van der Waals surface area (Å²) in [7, 11) is 0. The van der Waals surface area contributed by atoms with E-state index in [0.29, 0.717) is 11.5 Å². The molecule has 1 heterocycles. The predicted octanol–water partition coefficient (Wildman–Crippen LogP) is 2.79. The Morgan fingerprint density at radius 1 is 1.21 bits per heavy atom. The van der Waals surface area contributed by atoms with Crippen molar-refractivity contribution < 1.29 is 4.74 Å². The molecule has 1 saturated heterocycles. The van der Waals surface area contributed by atoms with Crippen molar-refractivity contribution in [3.63, 3.8) is 0 Å². The molecule has 2 aliphatic rings. The minimum atomic E-state index is 0.241. The molecular formula is C16H32N2O. The molecule has 2 N–H and O–H groups in total. The van der Waals surface area contributed by atoms with Gasteiger partial charge in [-0.05, 0) is 37.5 Å². The molecule has 3 nitrogen and oxygen atoms in total. The second-order valence-electron chi connectivity index (χ2n) is 7.29. The van der Waals surface area contributed by atoms with Crippen molar-refractivity contribution in [1.82, 2.24) is 4.90 Å². The van der Waals surface area contributed by atoms with Gasteiger partial charge < -0.3 is 10.5 Å². The van der Waals surface area contributed by atoms with Crippen LogP contribution in [0.5, 0.6) is 0 Å². The molecule has 3 heteroatoms. The fraction of sp³-hybridized carbons (Fsp3) is 1.00. The summed E-state index contributed by atoms with van der Waals surface area (Å²) < 4.78 is 5.83. The molecule has 2 rings (SSSR count). The van der Waals surface area contributed by atoms with E-state index in [4.69, 9.17) is 10.5 Å². The van der Waals surface area contributed by atoms with Gasteiger partial charge >= 0.3 is 0 Å². The minimum absolute atomic E-state index is 0.241. The van der Waals surface area contributed by atoms with E-state index in [1.165, 1.54) is 32.1 Å². The lowest BCUT2D eigenvalue weighted by atomic mass is 9.82. The lowest BCUT2D eigenvalue weighted by Gasteiger charge is -2.47. The van der Waals surface area contributed by atoms with E-state index in [9.17, 15) is 0 Å². The van der Waals surface area contributed by atoms with Crippen LogP contribution in [0.25, 0.3) is 0 Å². The molecular weight excluding hydrogens is 236 g/mol. The van der Waals surface area contributed by atoms with Crippen molar-refractivity contribution in [1.29, 1.82) is 0 Å². The van der Waals surface area contributed by atoms with Gasteiger partial charge in [-0.1, -0.05) is 27.2 Å². The quantitative estimate of drug-likeness (QED) is 0.800. The normalized spacial score (nSPS) is 36.9. The van der Waals surface area contributed by atoms with Gasteiger partial charge in [0.25, 0.3) is 0 Å². The Morgan fingerprint density at radius 3 is 2.68 bits per heavy atom. The molecule has 112 valence electrons. The van der Waals surface area contributed by atoms with E-state index in [-0.39, 0.29) is 5.54 Å². The number of ether oxygens (including phenoxy) is 1. The third kappa shape index (κ3) is 3.50. The Labute approximate surface area is 118 Å². The van der Waals surface area contributed by atoms with Gasteiger partial charge in [-0.3, -0.25) is 4.90 Å². The third-order valence-electron chi connectivity index (χ3n) is 5.41. The summed E-state index contributed by atoms with van der Waals surface area (Å²) in [5, 5.41) is 0. The Bertz CT molecular complexity index is 292. The molecule has 0 aromatic rings. The molecule has 2 atom stereocenters. The van der Waals surface area contributed by atoms with E-state index < -0.39 is 0 Å². The average Bonchev–Trinajstić information content (AvgIpc) is 2.58. The summed E-state index contributed by atoms with van der Waals surface area (Å²) in [6.45, 7) is 10.9. The maximum atomic E-state index is 6.23. The van der Waals surface area contributed by atoms with Gasteiger partial charge in [0.15, 0.2) is 0 Å². The summed E-state index contributed by atoms with van der Waals surface area (Å²) in [4.78, 5) is 2.66. The van der Waals surface area contributed by atoms with Gasteiger partial charge in [-0.2, -0.15) is 0 Å². The Balaban J connectivity index is 2.08. The van der Waals surface area contributed by atoms with Crippen LogP contribution in [0.2, 0.25) is 0 Å². The zero-order valence-corrected chi connectivity index (χ0v) is 13.1.